The Morgan fingerprint density at radius 2 is 1.48 bits per heavy atom. The summed E-state index contributed by atoms with van der Waals surface area (Å²) in [6.07, 6.45) is 3.78. The second kappa shape index (κ2) is 9.71. The van der Waals surface area contributed by atoms with E-state index in [9.17, 15) is 14.4 Å². The van der Waals surface area contributed by atoms with Gasteiger partial charge in [0.25, 0.3) is 0 Å². The third-order valence-corrected chi connectivity index (χ3v) is 9.08. The van der Waals surface area contributed by atoms with Crippen LogP contribution in [0.1, 0.15) is 48.1 Å². The van der Waals surface area contributed by atoms with Crippen LogP contribution < -0.4 is 14.4 Å². The maximum atomic E-state index is 14.8. The molecule has 1 saturated heterocycles. The number of ether oxygens (including phenoxy) is 2. The molecule has 0 aromatic heterocycles. The number of hydrogen-bond acceptors (Lipinski definition) is 6. The Kier molecular flexibility index (Phi) is 6.06. The van der Waals surface area contributed by atoms with E-state index < -0.39 is 23.4 Å². The fourth-order valence-corrected chi connectivity index (χ4v) is 7.28. The van der Waals surface area contributed by atoms with Crippen molar-refractivity contribution in [3.8, 4) is 11.5 Å². The van der Waals surface area contributed by atoms with Gasteiger partial charge >= 0.3 is 0 Å². The minimum Gasteiger partial charge on any atom is -0.497 e. The normalized spacial score (nSPS) is 21.2. The van der Waals surface area contributed by atoms with Gasteiger partial charge < -0.3 is 14.4 Å². The summed E-state index contributed by atoms with van der Waals surface area (Å²) in [7, 11) is 3.11. The molecule has 2 aliphatic heterocycles. The average molecular weight is 576 g/mol. The first-order valence-corrected chi connectivity index (χ1v) is 14.0. The number of ketones is 3. The maximum Gasteiger partial charge on any atom is 0.186 e. The van der Waals surface area contributed by atoms with Crippen molar-refractivity contribution in [2.24, 2.45) is 5.41 Å². The van der Waals surface area contributed by atoms with Crippen LogP contribution in [-0.2, 0) is 0 Å². The van der Waals surface area contributed by atoms with Gasteiger partial charge in [0.15, 0.2) is 17.3 Å². The lowest BCUT2D eigenvalue weighted by Gasteiger charge is -2.37. The molecule has 208 valence electrons. The topological polar surface area (TPSA) is 72.9 Å². The smallest absolute Gasteiger partial charge is 0.186 e. The number of nitrogens with zero attached hydrogens (tertiary/aromatic N) is 1. The van der Waals surface area contributed by atoms with E-state index in [0.29, 0.717) is 38.8 Å². The predicted molar refractivity (Wildman–Crippen MR) is 161 cm³/mol. The zero-order valence-corrected chi connectivity index (χ0v) is 23.7. The highest BCUT2D eigenvalue weighted by atomic mass is 35.5. The first-order valence-electron chi connectivity index (χ1n) is 13.7. The molecule has 0 radical (unpaired) electrons. The summed E-state index contributed by atoms with van der Waals surface area (Å²) >= 11 is 6.38. The molecule has 3 aliphatic rings. The lowest BCUT2D eigenvalue weighted by atomic mass is 9.64. The van der Waals surface area contributed by atoms with Crippen LogP contribution in [0.25, 0.3) is 6.08 Å². The molecule has 7 heteroatoms. The minimum absolute atomic E-state index is 0.226. The first kappa shape index (κ1) is 26.2. The van der Waals surface area contributed by atoms with Crippen LogP contribution >= 0.6 is 11.6 Å². The Bertz CT molecular complexity index is 1790. The summed E-state index contributed by atoms with van der Waals surface area (Å²) in [4.78, 5) is 46.2. The number of anilines is 1. The van der Waals surface area contributed by atoms with E-state index in [2.05, 4.69) is 0 Å². The predicted octanol–water partition coefficient (Wildman–Crippen LogP) is 6.67. The Labute approximate surface area is 248 Å². The van der Waals surface area contributed by atoms with Crippen molar-refractivity contribution >= 4 is 40.7 Å². The molecule has 42 heavy (non-hydrogen) atoms. The summed E-state index contributed by atoms with van der Waals surface area (Å²) in [5.74, 6) is -0.526. The molecule has 6 nitrogen and oxygen atoms in total. The lowest BCUT2D eigenvalue weighted by Crippen LogP contribution is -2.48. The van der Waals surface area contributed by atoms with Gasteiger partial charge in [0.1, 0.15) is 23.0 Å². The Morgan fingerprint density at radius 3 is 2.17 bits per heavy atom. The zero-order chi connectivity index (χ0) is 29.2. The third kappa shape index (κ3) is 3.55. The van der Waals surface area contributed by atoms with Gasteiger partial charge in [-0.3, -0.25) is 14.4 Å². The van der Waals surface area contributed by atoms with Crippen LogP contribution in [0.3, 0.4) is 0 Å². The van der Waals surface area contributed by atoms with Gasteiger partial charge in [0.2, 0.25) is 0 Å². The van der Waals surface area contributed by atoms with Crippen LogP contribution in [-0.4, -0.2) is 43.7 Å². The number of Topliss-reactive ketones (excluding diaryl/α,β-unsaturated/α-hetero) is 3. The maximum absolute atomic E-state index is 14.8. The highest BCUT2D eigenvalue weighted by Crippen LogP contribution is 2.61. The fourth-order valence-electron chi connectivity index (χ4n) is 7.10. The number of carbonyl (C=O) groups is 3. The molecule has 3 atom stereocenters. The van der Waals surface area contributed by atoms with E-state index >= 15 is 0 Å². The Morgan fingerprint density at radius 1 is 0.810 bits per heavy atom. The monoisotopic (exact) mass is 575 g/mol. The number of carbonyl (C=O) groups excluding carboxylic acids is 3. The highest BCUT2D eigenvalue weighted by molar-refractivity contribution is 6.32. The number of fused-ring (bicyclic) bond motifs is 5. The largest absolute Gasteiger partial charge is 0.497 e. The van der Waals surface area contributed by atoms with E-state index in [4.69, 9.17) is 21.1 Å². The second-order valence-electron chi connectivity index (χ2n) is 10.8. The Balaban J connectivity index is 1.55. The molecular formula is C35H26ClNO5. The fraction of sp³-hybridized carbons (Fsp3) is 0.171. The van der Waals surface area contributed by atoms with Gasteiger partial charge in [-0.25, -0.2) is 0 Å². The lowest BCUT2D eigenvalue weighted by molar-refractivity contribution is 0.0665. The summed E-state index contributed by atoms with van der Waals surface area (Å²) < 4.78 is 11.0. The molecule has 2 heterocycles. The van der Waals surface area contributed by atoms with Gasteiger partial charge in [-0.2, -0.15) is 0 Å². The van der Waals surface area contributed by atoms with Crippen molar-refractivity contribution in [2.45, 2.75) is 18.0 Å². The molecule has 4 aromatic rings. The first-order chi connectivity index (χ1) is 20.4. The van der Waals surface area contributed by atoms with Gasteiger partial charge in [-0.1, -0.05) is 72.3 Å². The molecule has 1 aliphatic carbocycles. The summed E-state index contributed by atoms with van der Waals surface area (Å²) in [5, 5.41) is 0.547. The number of benzene rings is 4. The standard InChI is InChI=1S/C35H26ClNO5/c1-41-24-9-5-7-21(18-24)30-31(32(38)22-8-6-10-25(19-22)42-2)37-28-15-14-23(36)17-20(28)13-16-29(37)35(30)33(39)26-11-3-4-12-27(26)34(35)40/h3-19,29-31H,1-2H3. The number of halogens is 1. The van der Waals surface area contributed by atoms with Gasteiger partial charge in [0.05, 0.1) is 20.3 Å². The zero-order valence-electron chi connectivity index (χ0n) is 22.9. The number of hydrogen-bond donors (Lipinski definition) is 0. The van der Waals surface area contributed by atoms with E-state index in [0.717, 1.165) is 11.3 Å². The molecule has 4 aromatic carbocycles. The second-order valence-corrected chi connectivity index (χ2v) is 11.2. The van der Waals surface area contributed by atoms with Crippen molar-refractivity contribution < 1.29 is 23.9 Å². The molecule has 0 N–H and O–H groups in total. The van der Waals surface area contributed by atoms with E-state index in [1.165, 1.54) is 0 Å². The summed E-state index contributed by atoms with van der Waals surface area (Å²) in [6, 6.07) is 25.1. The van der Waals surface area contributed by atoms with Crippen molar-refractivity contribution in [3.05, 3.63) is 130 Å². The number of rotatable bonds is 5. The minimum atomic E-state index is -1.59. The van der Waals surface area contributed by atoms with Gasteiger partial charge in [0, 0.05) is 33.3 Å². The SMILES string of the molecule is COc1cccc(C(=O)C2C(c3cccc(OC)c3)C3(C(=O)c4ccccc4C3=O)C3C=Cc4cc(Cl)ccc4N23)c1. The molecular weight excluding hydrogens is 550 g/mol. The van der Waals surface area contributed by atoms with Crippen LogP contribution in [0.15, 0.2) is 97.1 Å². The van der Waals surface area contributed by atoms with Crippen LogP contribution in [0.5, 0.6) is 11.5 Å². The molecule has 1 fully saturated rings. The van der Waals surface area contributed by atoms with E-state index in [-0.39, 0.29) is 17.3 Å². The van der Waals surface area contributed by atoms with Crippen LogP contribution in [0.4, 0.5) is 5.69 Å². The molecule has 1 spiro atoms. The quantitative estimate of drug-likeness (QED) is 0.195. The molecule has 0 amide bonds. The van der Waals surface area contributed by atoms with Gasteiger partial charge in [-0.15, -0.1) is 0 Å². The molecule has 0 bridgehead atoms. The van der Waals surface area contributed by atoms with Crippen LogP contribution in [0.2, 0.25) is 5.02 Å². The van der Waals surface area contributed by atoms with Gasteiger partial charge in [-0.05, 0) is 53.6 Å². The highest BCUT2D eigenvalue weighted by Gasteiger charge is 2.71. The van der Waals surface area contributed by atoms with E-state index in [1.807, 2.05) is 53.5 Å². The number of methoxy groups -OCH3 is 2. The van der Waals surface area contributed by atoms with Crippen molar-refractivity contribution in [2.75, 3.05) is 19.1 Å². The third-order valence-electron chi connectivity index (χ3n) is 8.84. The Hall–Kier alpha value is -4.68. The summed E-state index contributed by atoms with van der Waals surface area (Å²) in [5.41, 5.74) is 1.78. The average Bonchev–Trinajstić information content (AvgIpc) is 3.46. The van der Waals surface area contributed by atoms with Crippen molar-refractivity contribution in [3.63, 3.8) is 0 Å². The molecule has 7 rings (SSSR count). The molecule has 0 saturated carbocycles. The van der Waals surface area contributed by atoms with Crippen molar-refractivity contribution in [1.29, 1.82) is 0 Å². The summed E-state index contributed by atoms with van der Waals surface area (Å²) in [6.45, 7) is 0. The molecule has 3 unspecified atom stereocenters. The van der Waals surface area contributed by atoms with Crippen LogP contribution in [0, 0.1) is 5.41 Å². The van der Waals surface area contributed by atoms with Crippen molar-refractivity contribution in [1.82, 2.24) is 0 Å². The van der Waals surface area contributed by atoms with E-state index in [1.54, 1.807) is 68.8 Å².